The third kappa shape index (κ3) is 8.28. The average Bonchev–Trinajstić information content (AvgIpc) is 2.75. The summed E-state index contributed by atoms with van der Waals surface area (Å²) in [6, 6.07) is 6.82. The Balaban J connectivity index is 0.000000323. The quantitative estimate of drug-likeness (QED) is 0.103. The molecule has 0 radical (unpaired) electrons. The third-order valence-electron chi connectivity index (χ3n) is 4.23. The number of aromatic hydroxyl groups is 4. The number of nitrogens with one attached hydrogen (secondary N) is 2. The highest BCUT2D eigenvalue weighted by molar-refractivity contribution is 5.76. The van der Waals surface area contributed by atoms with Crippen LogP contribution in [-0.4, -0.2) is 56.2 Å². The highest BCUT2D eigenvalue weighted by Gasteiger charge is 2.19. The van der Waals surface area contributed by atoms with Gasteiger partial charge in [-0.25, -0.2) is 10.9 Å². The maximum atomic E-state index is 11.5. The Kier molecular flexibility index (Phi) is 10.7. The zero-order valence-electron chi connectivity index (χ0n) is 17.4. The molecule has 0 saturated heterocycles. The molecule has 2 aromatic carbocycles. The number of carbonyl (C=O) groups is 2. The van der Waals surface area contributed by atoms with E-state index in [9.17, 15) is 19.8 Å². The first-order valence-electron chi connectivity index (χ1n) is 9.46. The summed E-state index contributed by atoms with van der Waals surface area (Å²) in [6.45, 7) is 1.98. The summed E-state index contributed by atoms with van der Waals surface area (Å²) < 4.78 is 4.83. The van der Waals surface area contributed by atoms with Crippen LogP contribution in [0, 0.1) is 0 Å². The van der Waals surface area contributed by atoms with Crippen LogP contribution in [0.3, 0.4) is 0 Å². The van der Waals surface area contributed by atoms with Gasteiger partial charge in [0.1, 0.15) is 12.1 Å². The van der Waals surface area contributed by atoms with Crippen LogP contribution in [0.5, 0.6) is 23.0 Å². The molecule has 0 heterocycles. The summed E-state index contributed by atoms with van der Waals surface area (Å²) in [5.74, 6) is 7.80. The minimum atomic E-state index is -1.08. The number of phenols is 4. The van der Waals surface area contributed by atoms with Gasteiger partial charge in [0.15, 0.2) is 23.0 Å². The van der Waals surface area contributed by atoms with E-state index in [0.717, 1.165) is 0 Å². The van der Waals surface area contributed by atoms with Crippen molar-refractivity contribution in [1.29, 1.82) is 0 Å². The number of benzene rings is 2. The molecule has 12 heteroatoms. The van der Waals surface area contributed by atoms with Crippen molar-refractivity contribution in [3.63, 3.8) is 0 Å². The highest BCUT2D eigenvalue weighted by Crippen LogP contribution is 2.26. The minimum absolute atomic E-state index is 0.125. The lowest BCUT2D eigenvalue weighted by molar-refractivity contribution is -0.145. The zero-order valence-corrected chi connectivity index (χ0v) is 17.4. The smallest absolute Gasteiger partial charge is 0.324 e. The van der Waals surface area contributed by atoms with E-state index in [1.165, 1.54) is 30.3 Å². The lowest BCUT2D eigenvalue weighted by Gasteiger charge is -2.14. The molecule has 0 aromatic heterocycles. The average molecular weight is 452 g/mol. The van der Waals surface area contributed by atoms with E-state index in [-0.39, 0.29) is 42.4 Å². The van der Waals surface area contributed by atoms with E-state index in [1.54, 1.807) is 13.0 Å². The predicted molar refractivity (Wildman–Crippen MR) is 113 cm³/mol. The molecule has 0 aliphatic heterocycles. The Bertz CT molecular complexity index is 909. The molecule has 0 amide bonds. The van der Waals surface area contributed by atoms with Crippen LogP contribution in [0.15, 0.2) is 36.4 Å². The zero-order chi connectivity index (χ0) is 24.3. The van der Waals surface area contributed by atoms with Crippen LogP contribution < -0.4 is 22.5 Å². The molecule has 0 fully saturated rings. The molecule has 2 aromatic rings. The van der Waals surface area contributed by atoms with E-state index in [1.807, 2.05) is 0 Å². The molecule has 0 bridgehead atoms. The molecule has 12 nitrogen and oxygen atoms in total. The Hall–Kier alpha value is -3.58. The molecule has 2 unspecified atom stereocenters. The Morgan fingerprint density at radius 3 is 1.62 bits per heavy atom. The van der Waals surface area contributed by atoms with Crippen molar-refractivity contribution in [3.05, 3.63) is 47.5 Å². The molecule has 11 N–H and O–H groups in total. The van der Waals surface area contributed by atoms with E-state index in [0.29, 0.717) is 11.1 Å². The van der Waals surface area contributed by atoms with Crippen LogP contribution in [0.4, 0.5) is 0 Å². The second kappa shape index (κ2) is 13.0. The molecule has 2 rings (SSSR count). The van der Waals surface area contributed by atoms with Gasteiger partial charge in [0, 0.05) is 0 Å². The Labute approximate surface area is 184 Å². The first kappa shape index (κ1) is 26.5. The Morgan fingerprint density at radius 1 is 0.844 bits per heavy atom. The van der Waals surface area contributed by atoms with Gasteiger partial charge >= 0.3 is 11.9 Å². The molecular weight excluding hydrogens is 424 g/mol. The summed E-state index contributed by atoms with van der Waals surface area (Å²) in [5, 5.41) is 45.4. The van der Waals surface area contributed by atoms with Gasteiger partial charge in [-0.05, 0) is 55.2 Å². The van der Waals surface area contributed by atoms with Crippen molar-refractivity contribution >= 4 is 11.9 Å². The number of phenolic OH excluding ortho intramolecular Hbond substituents is 4. The van der Waals surface area contributed by atoms with Gasteiger partial charge in [-0.15, -0.1) is 0 Å². The van der Waals surface area contributed by atoms with Crippen molar-refractivity contribution in [2.75, 3.05) is 6.61 Å². The summed E-state index contributed by atoms with van der Waals surface area (Å²) >= 11 is 0. The fourth-order valence-corrected chi connectivity index (χ4v) is 2.53. The van der Waals surface area contributed by atoms with E-state index in [2.05, 4.69) is 10.9 Å². The molecule has 0 spiro atoms. The van der Waals surface area contributed by atoms with Gasteiger partial charge in [-0.1, -0.05) is 12.1 Å². The van der Waals surface area contributed by atoms with Crippen molar-refractivity contribution < 1.29 is 39.9 Å². The maximum absolute atomic E-state index is 11.5. The standard InChI is InChI=1S/C11H16N2O4.C9H12N2O4/c1-2-17-11(16)8(13-12)5-7-3-4-9(14)10(15)6-7;10-11-6(9(14)15)3-5-1-2-7(12)8(13)4-5/h3-4,6,8,13-15H,2,5,12H2,1H3;1-2,4,6,11-13H,3,10H2,(H,14,15). The van der Waals surface area contributed by atoms with Crippen LogP contribution in [-0.2, 0) is 27.2 Å². The van der Waals surface area contributed by atoms with Gasteiger partial charge in [0.05, 0.1) is 6.61 Å². The van der Waals surface area contributed by atoms with E-state index < -0.39 is 24.0 Å². The molecular formula is C20H28N4O8. The fraction of sp³-hybridized carbons (Fsp3) is 0.300. The molecule has 0 aliphatic rings. The number of hydrazine groups is 2. The summed E-state index contributed by atoms with van der Waals surface area (Å²) in [6.07, 6.45) is 0.392. The van der Waals surface area contributed by atoms with Gasteiger partial charge in [0.2, 0.25) is 0 Å². The number of carboxylic acids is 1. The summed E-state index contributed by atoms with van der Waals surface area (Å²) in [5.41, 5.74) is 5.72. The van der Waals surface area contributed by atoms with Gasteiger partial charge in [-0.2, -0.15) is 0 Å². The summed E-state index contributed by atoms with van der Waals surface area (Å²) in [7, 11) is 0. The van der Waals surface area contributed by atoms with E-state index >= 15 is 0 Å². The number of carboxylic acid groups (broad SMARTS) is 1. The van der Waals surface area contributed by atoms with Crippen LogP contribution in [0.2, 0.25) is 0 Å². The topological polar surface area (TPSA) is 221 Å². The number of nitrogens with two attached hydrogens (primary N) is 2. The lowest BCUT2D eigenvalue weighted by atomic mass is 10.1. The van der Waals surface area contributed by atoms with Crippen molar-refractivity contribution in [2.45, 2.75) is 31.8 Å². The van der Waals surface area contributed by atoms with Crippen molar-refractivity contribution in [3.8, 4) is 23.0 Å². The molecule has 176 valence electrons. The number of esters is 1. The number of ether oxygens (including phenoxy) is 1. The molecule has 2 atom stereocenters. The number of hydrogen-bond acceptors (Lipinski definition) is 11. The first-order valence-corrected chi connectivity index (χ1v) is 9.46. The van der Waals surface area contributed by atoms with Gasteiger partial charge in [0.25, 0.3) is 0 Å². The summed E-state index contributed by atoms with van der Waals surface area (Å²) in [4.78, 5) is 22.1. The second-order valence-electron chi connectivity index (χ2n) is 6.58. The van der Waals surface area contributed by atoms with Crippen molar-refractivity contribution in [1.82, 2.24) is 10.9 Å². The van der Waals surface area contributed by atoms with Crippen LogP contribution >= 0.6 is 0 Å². The molecule has 32 heavy (non-hydrogen) atoms. The minimum Gasteiger partial charge on any atom is -0.504 e. The number of carbonyl (C=O) groups excluding carboxylic acids is 1. The van der Waals surface area contributed by atoms with E-state index in [4.69, 9.17) is 31.7 Å². The monoisotopic (exact) mass is 452 g/mol. The number of rotatable bonds is 9. The largest absolute Gasteiger partial charge is 0.504 e. The number of hydrogen-bond donors (Lipinski definition) is 9. The first-order chi connectivity index (χ1) is 15.1. The van der Waals surface area contributed by atoms with Crippen LogP contribution in [0.1, 0.15) is 18.1 Å². The molecule has 0 saturated carbocycles. The third-order valence-corrected chi connectivity index (χ3v) is 4.23. The van der Waals surface area contributed by atoms with Crippen LogP contribution in [0.25, 0.3) is 0 Å². The normalized spacial score (nSPS) is 12.2. The predicted octanol–water partition coefficient (Wildman–Crippen LogP) is -0.408. The highest BCUT2D eigenvalue weighted by atomic mass is 16.5. The molecule has 0 aliphatic carbocycles. The van der Waals surface area contributed by atoms with Crippen molar-refractivity contribution in [2.24, 2.45) is 11.7 Å². The number of aliphatic carboxylic acids is 1. The lowest BCUT2D eigenvalue weighted by Crippen LogP contribution is -2.43. The maximum Gasteiger partial charge on any atom is 0.324 e. The fourth-order valence-electron chi connectivity index (χ4n) is 2.53. The SMILES string of the molecule is CCOC(=O)C(Cc1ccc(O)c(O)c1)NN.NNC(Cc1ccc(O)c(O)c1)C(=O)O. The van der Waals surface area contributed by atoms with Gasteiger partial charge < -0.3 is 30.3 Å². The van der Waals surface area contributed by atoms with Gasteiger partial charge in [-0.3, -0.25) is 21.3 Å². The Morgan fingerprint density at radius 2 is 1.28 bits per heavy atom. The second-order valence-corrected chi connectivity index (χ2v) is 6.58.